The van der Waals surface area contributed by atoms with E-state index in [1.54, 1.807) is 18.2 Å². The van der Waals surface area contributed by atoms with E-state index >= 15 is 0 Å². The van der Waals surface area contributed by atoms with E-state index in [0.717, 1.165) is 16.1 Å². The largest absolute Gasteiger partial charge is 0.488 e. The SMILES string of the molecule is N#CC(=Cc1cc(Br)ccc1OCc1ccccc1)C(=O)Nc1ccc([N+](=O)[O-])cc1Cl. The third-order valence-corrected chi connectivity index (χ3v) is 5.09. The van der Waals surface area contributed by atoms with Crippen molar-refractivity contribution >= 4 is 50.9 Å². The Morgan fingerprint density at radius 2 is 1.94 bits per heavy atom. The summed E-state index contributed by atoms with van der Waals surface area (Å²) in [5.74, 6) is -0.219. The maximum absolute atomic E-state index is 12.6. The smallest absolute Gasteiger partial charge is 0.271 e. The lowest BCUT2D eigenvalue weighted by Gasteiger charge is -2.11. The third kappa shape index (κ3) is 5.94. The second-order valence-corrected chi connectivity index (χ2v) is 7.82. The summed E-state index contributed by atoms with van der Waals surface area (Å²) in [5, 5.41) is 22.9. The number of nitrogens with one attached hydrogen (secondary N) is 1. The average Bonchev–Trinajstić information content (AvgIpc) is 2.78. The number of hydrogen-bond donors (Lipinski definition) is 1. The number of carbonyl (C=O) groups excluding carboxylic acids is 1. The molecule has 0 radical (unpaired) electrons. The van der Waals surface area contributed by atoms with Crippen molar-refractivity contribution in [3.8, 4) is 11.8 Å². The minimum Gasteiger partial charge on any atom is -0.488 e. The predicted molar refractivity (Wildman–Crippen MR) is 125 cm³/mol. The van der Waals surface area contributed by atoms with Crippen LogP contribution in [0.4, 0.5) is 11.4 Å². The molecule has 0 saturated heterocycles. The van der Waals surface area contributed by atoms with Crippen LogP contribution in [0, 0.1) is 21.4 Å². The summed E-state index contributed by atoms with van der Waals surface area (Å²) in [6.07, 6.45) is 1.40. The van der Waals surface area contributed by atoms with Crippen molar-refractivity contribution in [1.82, 2.24) is 0 Å². The lowest BCUT2D eigenvalue weighted by Crippen LogP contribution is -2.14. The first kappa shape index (κ1) is 23.0. The minimum absolute atomic E-state index is 0.0146. The summed E-state index contributed by atoms with van der Waals surface area (Å²) in [6, 6.07) is 20.3. The van der Waals surface area contributed by atoms with Crippen LogP contribution in [0.15, 0.2) is 76.8 Å². The van der Waals surface area contributed by atoms with Crippen molar-refractivity contribution in [2.45, 2.75) is 6.61 Å². The summed E-state index contributed by atoms with van der Waals surface area (Å²) in [6.45, 7) is 0.315. The molecule has 9 heteroatoms. The molecular formula is C23H15BrClN3O4. The molecule has 0 heterocycles. The lowest BCUT2D eigenvalue weighted by atomic mass is 10.1. The van der Waals surface area contributed by atoms with Gasteiger partial charge in [0.15, 0.2) is 0 Å². The molecule has 0 atom stereocenters. The first-order valence-corrected chi connectivity index (χ1v) is 10.4. The number of nitro benzene ring substituents is 1. The normalized spacial score (nSPS) is 10.8. The van der Waals surface area contributed by atoms with Crippen LogP contribution in [0.3, 0.4) is 0 Å². The van der Waals surface area contributed by atoms with Crippen LogP contribution >= 0.6 is 27.5 Å². The Morgan fingerprint density at radius 3 is 2.59 bits per heavy atom. The highest BCUT2D eigenvalue weighted by Crippen LogP contribution is 2.29. The van der Waals surface area contributed by atoms with Crippen LogP contribution in [0.2, 0.25) is 5.02 Å². The lowest BCUT2D eigenvalue weighted by molar-refractivity contribution is -0.384. The standard InChI is InChI=1S/C23H15BrClN3O4/c24-18-6-9-22(32-14-15-4-2-1-3-5-15)16(11-18)10-17(13-26)23(29)27-21-8-7-19(28(30)31)12-20(21)25/h1-12H,14H2,(H,27,29). The molecule has 0 unspecified atom stereocenters. The maximum atomic E-state index is 12.6. The van der Waals surface area contributed by atoms with E-state index in [9.17, 15) is 20.2 Å². The van der Waals surface area contributed by atoms with Crippen molar-refractivity contribution < 1.29 is 14.5 Å². The zero-order chi connectivity index (χ0) is 23.1. The van der Waals surface area contributed by atoms with Gasteiger partial charge in [0.25, 0.3) is 11.6 Å². The van der Waals surface area contributed by atoms with E-state index < -0.39 is 10.8 Å². The number of nitriles is 1. The highest BCUT2D eigenvalue weighted by atomic mass is 79.9. The second-order valence-electron chi connectivity index (χ2n) is 6.50. The van der Waals surface area contributed by atoms with Gasteiger partial charge in [0.05, 0.1) is 15.6 Å². The minimum atomic E-state index is -0.711. The molecule has 0 fully saturated rings. The van der Waals surface area contributed by atoms with Crippen LogP contribution in [-0.2, 0) is 11.4 Å². The number of anilines is 1. The molecule has 3 aromatic rings. The Labute approximate surface area is 197 Å². The van der Waals surface area contributed by atoms with E-state index in [-0.39, 0.29) is 22.0 Å². The molecule has 0 spiro atoms. The number of rotatable bonds is 7. The van der Waals surface area contributed by atoms with Gasteiger partial charge in [-0.1, -0.05) is 57.9 Å². The maximum Gasteiger partial charge on any atom is 0.271 e. The Morgan fingerprint density at radius 1 is 1.19 bits per heavy atom. The molecule has 7 nitrogen and oxygen atoms in total. The molecule has 0 saturated carbocycles. The first-order valence-electron chi connectivity index (χ1n) is 9.20. The number of ether oxygens (including phenoxy) is 1. The molecule has 0 aliphatic carbocycles. The molecular weight excluding hydrogens is 498 g/mol. The Hall–Kier alpha value is -3.67. The number of benzene rings is 3. The van der Waals surface area contributed by atoms with Crippen LogP contribution in [0.5, 0.6) is 5.75 Å². The number of non-ortho nitro benzene ring substituents is 1. The van der Waals surface area contributed by atoms with Crippen molar-refractivity contribution in [3.05, 3.63) is 103 Å². The molecule has 0 aromatic heterocycles. The molecule has 32 heavy (non-hydrogen) atoms. The number of nitrogens with zero attached hydrogens (tertiary/aromatic N) is 2. The van der Waals surface area contributed by atoms with Gasteiger partial charge in [0, 0.05) is 22.2 Å². The van der Waals surface area contributed by atoms with Crippen molar-refractivity contribution in [2.24, 2.45) is 0 Å². The average molecular weight is 513 g/mol. The monoisotopic (exact) mass is 511 g/mol. The van der Waals surface area contributed by atoms with Gasteiger partial charge >= 0.3 is 0 Å². The van der Waals surface area contributed by atoms with Crippen molar-refractivity contribution in [3.63, 3.8) is 0 Å². The van der Waals surface area contributed by atoms with Crippen molar-refractivity contribution in [2.75, 3.05) is 5.32 Å². The van der Waals surface area contributed by atoms with E-state index in [1.165, 1.54) is 18.2 Å². The topological polar surface area (TPSA) is 105 Å². The Bertz CT molecular complexity index is 1240. The molecule has 3 rings (SSSR count). The molecule has 3 aromatic carbocycles. The van der Waals surface area contributed by atoms with E-state index in [1.807, 2.05) is 36.4 Å². The van der Waals surface area contributed by atoms with Crippen LogP contribution in [-0.4, -0.2) is 10.8 Å². The Kier molecular flexibility index (Phi) is 7.60. The van der Waals surface area contributed by atoms with Crippen molar-refractivity contribution in [1.29, 1.82) is 5.26 Å². The fourth-order valence-corrected chi connectivity index (χ4v) is 3.31. The number of hydrogen-bond acceptors (Lipinski definition) is 5. The number of carbonyl (C=O) groups is 1. The third-order valence-electron chi connectivity index (χ3n) is 4.29. The molecule has 0 bridgehead atoms. The van der Waals surface area contributed by atoms with Gasteiger partial charge in [-0.25, -0.2) is 0 Å². The van der Waals surface area contributed by atoms with Crippen LogP contribution in [0.25, 0.3) is 6.08 Å². The summed E-state index contributed by atoms with van der Waals surface area (Å²) in [7, 11) is 0. The quantitative estimate of drug-likeness (QED) is 0.177. The van der Waals surface area contributed by atoms with Gasteiger partial charge in [-0.3, -0.25) is 14.9 Å². The van der Waals surface area contributed by atoms with Gasteiger partial charge in [0.2, 0.25) is 0 Å². The zero-order valence-electron chi connectivity index (χ0n) is 16.4. The second kappa shape index (κ2) is 10.6. The molecule has 1 N–H and O–H groups in total. The van der Waals surface area contributed by atoms with Crippen LogP contribution in [0.1, 0.15) is 11.1 Å². The van der Waals surface area contributed by atoms with Crippen LogP contribution < -0.4 is 10.1 Å². The van der Waals surface area contributed by atoms with Gasteiger partial charge in [-0.15, -0.1) is 0 Å². The summed E-state index contributed by atoms with van der Waals surface area (Å²) < 4.78 is 6.63. The summed E-state index contributed by atoms with van der Waals surface area (Å²) in [5.41, 5.74) is 1.24. The summed E-state index contributed by atoms with van der Waals surface area (Å²) in [4.78, 5) is 22.9. The van der Waals surface area contributed by atoms with E-state index in [4.69, 9.17) is 16.3 Å². The Balaban J connectivity index is 1.83. The number of nitro groups is 1. The fraction of sp³-hybridized carbons (Fsp3) is 0.0435. The number of amides is 1. The molecule has 1 amide bonds. The summed E-state index contributed by atoms with van der Waals surface area (Å²) >= 11 is 9.41. The highest BCUT2D eigenvalue weighted by molar-refractivity contribution is 9.10. The first-order chi connectivity index (χ1) is 15.4. The fourth-order valence-electron chi connectivity index (χ4n) is 2.71. The van der Waals surface area contributed by atoms with Gasteiger partial charge < -0.3 is 10.1 Å². The highest BCUT2D eigenvalue weighted by Gasteiger charge is 2.15. The molecule has 160 valence electrons. The zero-order valence-corrected chi connectivity index (χ0v) is 18.8. The van der Waals surface area contributed by atoms with Gasteiger partial charge in [0.1, 0.15) is 24.0 Å². The predicted octanol–water partition coefficient (Wildman–Crippen LogP) is 6.14. The van der Waals surface area contributed by atoms with E-state index in [2.05, 4.69) is 21.2 Å². The van der Waals surface area contributed by atoms with Gasteiger partial charge in [-0.05, 0) is 35.9 Å². The molecule has 0 aliphatic rings. The van der Waals surface area contributed by atoms with E-state index in [0.29, 0.717) is 17.9 Å². The number of halogens is 2. The molecule has 0 aliphatic heterocycles. The van der Waals surface area contributed by atoms with Gasteiger partial charge in [-0.2, -0.15) is 5.26 Å².